The lowest BCUT2D eigenvalue weighted by atomic mass is 10.0. The number of rotatable bonds is 5. The van der Waals surface area contributed by atoms with Gasteiger partial charge in [-0.2, -0.15) is 5.26 Å². The number of nitriles is 1. The second kappa shape index (κ2) is 8.51. The number of benzene rings is 3. The van der Waals surface area contributed by atoms with Gasteiger partial charge in [0.05, 0.1) is 11.4 Å². The summed E-state index contributed by atoms with van der Waals surface area (Å²) in [5.74, 6) is -0.376. The van der Waals surface area contributed by atoms with Crippen LogP contribution in [0.15, 0.2) is 90.4 Å². The van der Waals surface area contributed by atoms with Gasteiger partial charge in [0.15, 0.2) is 0 Å². The predicted octanol–water partition coefficient (Wildman–Crippen LogP) is 6.59. The molecular formula is C24H16FN3S. The van der Waals surface area contributed by atoms with Crippen molar-refractivity contribution in [1.29, 1.82) is 5.26 Å². The van der Waals surface area contributed by atoms with Gasteiger partial charge in [-0.25, -0.2) is 9.37 Å². The molecule has 3 aromatic carbocycles. The Morgan fingerprint density at radius 3 is 2.28 bits per heavy atom. The van der Waals surface area contributed by atoms with Crippen LogP contribution in [0.2, 0.25) is 0 Å². The molecule has 3 nitrogen and oxygen atoms in total. The number of halogens is 1. The lowest BCUT2D eigenvalue weighted by Crippen LogP contribution is -1.93. The maximum absolute atomic E-state index is 13.7. The molecule has 0 saturated heterocycles. The minimum atomic E-state index is -0.376. The van der Waals surface area contributed by atoms with Crippen LogP contribution in [0.5, 0.6) is 0 Å². The fourth-order valence-corrected chi connectivity index (χ4v) is 3.66. The van der Waals surface area contributed by atoms with E-state index in [0.717, 1.165) is 22.4 Å². The van der Waals surface area contributed by atoms with Crippen molar-refractivity contribution in [2.24, 2.45) is 0 Å². The molecule has 0 aliphatic carbocycles. The molecule has 0 radical (unpaired) electrons. The van der Waals surface area contributed by atoms with Gasteiger partial charge >= 0.3 is 0 Å². The Labute approximate surface area is 172 Å². The normalized spacial score (nSPS) is 11.1. The quantitative estimate of drug-likeness (QED) is 0.386. The van der Waals surface area contributed by atoms with Gasteiger partial charge in [0.2, 0.25) is 0 Å². The van der Waals surface area contributed by atoms with E-state index in [4.69, 9.17) is 0 Å². The second-order valence-electron chi connectivity index (χ2n) is 6.28. The third-order valence-electron chi connectivity index (χ3n) is 4.39. The SMILES string of the molecule is N#C/C(=C\Nc1ccccc1F)c1nc(-c2ccc(-c3ccccc3)cc2)cs1. The third-order valence-corrected chi connectivity index (χ3v) is 5.26. The first kappa shape index (κ1) is 18.6. The molecule has 1 heterocycles. The van der Waals surface area contributed by atoms with Crippen LogP contribution in [0.3, 0.4) is 0 Å². The topological polar surface area (TPSA) is 48.7 Å². The molecule has 0 saturated carbocycles. The van der Waals surface area contributed by atoms with Crippen LogP contribution in [-0.4, -0.2) is 4.98 Å². The summed E-state index contributed by atoms with van der Waals surface area (Å²) in [4.78, 5) is 4.58. The highest BCUT2D eigenvalue weighted by Gasteiger charge is 2.10. The van der Waals surface area contributed by atoms with Crippen LogP contribution in [-0.2, 0) is 0 Å². The Kier molecular flexibility index (Phi) is 5.46. The van der Waals surface area contributed by atoms with Gasteiger partial charge in [-0.15, -0.1) is 11.3 Å². The standard InChI is InChI=1S/C24H16FN3S/c25-21-8-4-5-9-22(21)27-15-20(14-26)24-28-23(16-29-24)19-12-10-18(11-13-19)17-6-2-1-3-7-17/h1-13,15-16,27H/b20-15+. The summed E-state index contributed by atoms with van der Waals surface area (Å²) in [6.45, 7) is 0. The summed E-state index contributed by atoms with van der Waals surface area (Å²) in [6.07, 6.45) is 1.49. The van der Waals surface area contributed by atoms with Crippen molar-refractivity contribution < 1.29 is 4.39 Å². The molecule has 4 rings (SSSR count). The molecule has 0 aliphatic heterocycles. The zero-order valence-corrected chi connectivity index (χ0v) is 16.2. The number of aromatic nitrogens is 1. The first-order chi connectivity index (χ1) is 14.2. The van der Waals surface area contributed by atoms with Crippen molar-refractivity contribution >= 4 is 22.6 Å². The Balaban J connectivity index is 1.55. The fourth-order valence-electron chi connectivity index (χ4n) is 2.86. The maximum atomic E-state index is 13.7. The molecule has 0 bridgehead atoms. The number of hydrogen-bond acceptors (Lipinski definition) is 4. The van der Waals surface area contributed by atoms with E-state index in [9.17, 15) is 9.65 Å². The largest absolute Gasteiger partial charge is 0.358 e. The van der Waals surface area contributed by atoms with Crippen molar-refractivity contribution in [3.63, 3.8) is 0 Å². The first-order valence-corrected chi connectivity index (χ1v) is 9.85. The van der Waals surface area contributed by atoms with E-state index in [1.807, 2.05) is 35.7 Å². The third kappa shape index (κ3) is 4.23. The van der Waals surface area contributed by atoms with Crippen LogP contribution in [0.25, 0.3) is 28.0 Å². The molecule has 0 atom stereocenters. The zero-order chi connectivity index (χ0) is 20.1. The monoisotopic (exact) mass is 397 g/mol. The van der Waals surface area contributed by atoms with E-state index in [1.54, 1.807) is 18.2 Å². The summed E-state index contributed by atoms with van der Waals surface area (Å²) >= 11 is 1.38. The van der Waals surface area contributed by atoms with Crippen LogP contribution < -0.4 is 5.32 Å². The molecule has 1 aromatic heterocycles. The average molecular weight is 397 g/mol. The van der Waals surface area contributed by atoms with Gasteiger partial charge in [-0.05, 0) is 23.3 Å². The Morgan fingerprint density at radius 1 is 0.897 bits per heavy atom. The molecule has 0 aliphatic rings. The van der Waals surface area contributed by atoms with E-state index < -0.39 is 0 Å². The van der Waals surface area contributed by atoms with Gasteiger partial charge in [0.1, 0.15) is 22.5 Å². The van der Waals surface area contributed by atoms with E-state index in [2.05, 4.69) is 40.6 Å². The summed E-state index contributed by atoms with van der Waals surface area (Å²) in [5, 5.41) is 14.8. The van der Waals surface area contributed by atoms with Gasteiger partial charge in [-0.3, -0.25) is 0 Å². The molecular weight excluding hydrogens is 381 g/mol. The molecule has 4 aromatic rings. The Morgan fingerprint density at radius 2 is 1.55 bits per heavy atom. The lowest BCUT2D eigenvalue weighted by Gasteiger charge is -2.03. The van der Waals surface area contributed by atoms with Gasteiger partial charge in [0, 0.05) is 17.1 Å². The van der Waals surface area contributed by atoms with E-state index >= 15 is 0 Å². The minimum Gasteiger partial charge on any atom is -0.358 e. The number of allylic oxidation sites excluding steroid dienone is 1. The smallest absolute Gasteiger partial charge is 0.146 e. The van der Waals surface area contributed by atoms with Gasteiger partial charge in [-0.1, -0.05) is 66.7 Å². The van der Waals surface area contributed by atoms with Crippen molar-refractivity contribution in [3.8, 4) is 28.5 Å². The Hall–Kier alpha value is -3.75. The number of hydrogen-bond donors (Lipinski definition) is 1. The van der Waals surface area contributed by atoms with Crippen molar-refractivity contribution in [2.75, 3.05) is 5.32 Å². The van der Waals surface area contributed by atoms with E-state index in [0.29, 0.717) is 16.3 Å². The summed E-state index contributed by atoms with van der Waals surface area (Å²) in [5.41, 5.74) is 4.74. The Bertz CT molecular complexity index is 1190. The van der Waals surface area contributed by atoms with Crippen LogP contribution >= 0.6 is 11.3 Å². The molecule has 0 fully saturated rings. The summed E-state index contributed by atoms with van der Waals surface area (Å²) in [7, 11) is 0. The second-order valence-corrected chi connectivity index (χ2v) is 7.13. The number of anilines is 1. The molecule has 5 heteroatoms. The van der Waals surface area contributed by atoms with Crippen molar-refractivity contribution in [3.05, 3.63) is 101 Å². The van der Waals surface area contributed by atoms with E-state index in [1.165, 1.54) is 23.6 Å². The van der Waals surface area contributed by atoms with Crippen molar-refractivity contribution in [2.45, 2.75) is 0 Å². The van der Waals surface area contributed by atoms with Gasteiger partial charge in [0.25, 0.3) is 0 Å². The summed E-state index contributed by atoms with van der Waals surface area (Å²) in [6, 6.07) is 26.8. The number of para-hydroxylation sites is 1. The molecule has 0 unspecified atom stereocenters. The van der Waals surface area contributed by atoms with Crippen LogP contribution in [0.4, 0.5) is 10.1 Å². The van der Waals surface area contributed by atoms with Crippen LogP contribution in [0.1, 0.15) is 5.01 Å². The lowest BCUT2D eigenvalue weighted by molar-refractivity contribution is 0.632. The predicted molar refractivity (Wildman–Crippen MR) is 117 cm³/mol. The number of nitrogens with zero attached hydrogens (tertiary/aromatic N) is 2. The highest BCUT2D eigenvalue weighted by Crippen LogP contribution is 2.28. The highest BCUT2D eigenvalue weighted by atomic mass is 32.1. The van der Waals surface area contributed by atoms with Gasteiger partial charge < -0.3 is 5.32 Å². The maximum Gasteiger partial charge on any atom is 0.146 e. The number of nitrogens with one attached hydrogen (secondary N) is 1. The number of thiazole rings is 1. The first-order valence-electron chi connectivity index (χ1n) is 8.98. The van der Waals surface area contributed by atoms with E-state index in [-0.39, 0.29) is 5.82 Å². The van der Waals surface area contributed by atoms with Crippen LogP contribution in [0, 0.1) is 17.1 Å². The fraction of sp³-hybridized carbons (Fsp3) is 0. The highest BCUT2D eigenvalue weighted by molar-refractivity contribution is 7.11. The minimum absolute atomic E-state index is 0.313. The molecule has 0 spiro atoms. The molecule has 29 heavy (non-hydrogen) atoms. The summed E-state index contributed by atoms with van der Waals surface area (Å²) < 4.78 is 13.7. The van der Waals surface area contributed by atoms with Crippen molar-refractivity contribution in [1.82, 2.24) is 4.98 Å². The molecule has 140 valence electrons. The molecule has 1 N–H and O–H groups in total. The molecule has 0 amide bonds. The zero-order valence-electron chi connectivity index (χ0n) is 15.3. The average Bonchev–Trinajstić information content (AvgIpc) is 3.26.